The van der Waals surface area contributed by atoms with Gasteiger partial charge in [0.2, 0.25) is 0 Å². The van der Waals surface area contributed by atoms with E-state index in [0.717, 1.165) is 28.8 Å². The number of aromatic nitrogens is 1. The summed E-state index contributed by atoms with van der Waals surface area (Å²) in [5.74, 6) is 0.931. The predicted molar refractivity (Wildman–Crippen MR) is 71.5 cm³/mol. The van der Waals surface area contributed by atoms with Gasteiger partial charge in [-0.05, 0) is 39.3 Å². The zero-order valence-electron chi connectivity index (χ0n) is 10.9. The van der Waals surface area contributed by atoms with Crippen LogP contribution in [0.4, 0.5) is 0 Å². The molecule has 2 nitrogen and oxygen atoms in total. The van der Waals surface area contributed by atoms with Gasteiger partial charge in [0.05, 0.1) is 5.52 Å². The number of pyridine rings is 1. The summed E-state index contributed by atoms with van der Waals surface area (Å²) in [6, 6.07) is 10.1. The van der Waals surface area contributed by atoms with Crippen molar-refractivity contribution in [3.05, 3.63) is 36.0 Å². The quantitative estimate of drug-likeness (QED) is 0.790. The molecule has 0 aliphatic carbocycles. The van der Waals surface area contributed by atoms with Gasteiger partial charge in [-0.25, -0.2) is 0 Å². The molecular formula is C15H19NO. The molecule has 17 heavy (non-hydrogen) atoms. The molecule has 0 saturated heterocycles. The molecule has 0 fully saturated rings. The van der Waals surface area contributed by atoms with Crippen LogP contribution in [-0.4, -0.2) is 10.6 Å². The van der Waals surface area contributed by atoms with E-state index in [-0.39, 0.29) is 5.60 Å². The number of hydrogen-bond donors (Lipinski definition) is 0. The van der Waals surface area contributed by atoms with Gasteiger partial charge >= 0.3 is 0 Å². The normalized spacial score (nSPS) is 11.8. The van der Waals surface area contributed by atoms with Crippen molar-refractivity contribution in [2.24, 2.45) is 0 Å². The van der Waals surface area contributed by atoms with Crippen molar-refractivity contribution in [2.45, 2.75) is 39.7 Å². The minimum absolute atomic E-state index is 0.142. The third-order valence-electron chi connectivity index (χ3n) is 3.04. The van der Waals surface area contributed by atoms with E-state index in [9.17, 15) is 0 Å². The molecule has 0 unspecified atom stereocenters. The van der Waals surface area contributed by atoms with Gasteiger partial charge in [0.25, 0.3) is 0 Å². The second-order valence-corrected chi connectivity index (χ2v) is 4.99. The van der Waals surface area contributed by atoms with E-state index >= 15 is 0 Å². The first-order valence-corrected chi connectivity index (χ1v) is 6.07. The van der Waals surface area contributed by atoms with Gasteiger partial charge in [-0.2, -0.15) is 0 Å². The predicted octanol–water partition coefficient (Wildman–Crippen LogP) is 4.11. The number of rotatable bonds is 3. The molecule has 0 saturated carbocycles. The van der Waals surface area contributed by atoms with Gasteiger partial charge in [0, 0.05) is 17.1 Å². The molecule has 90 valence electrons. The first-order chi connectivity index (χ1) is 8.02. The van der Waals surface area contributed by atoms with Crippen LogP contribution >= 0.6 is 0 Å². The minimum Gasteiger partial charge on any atom is -0.487 e. The molecule has 0 spiro atoms. The topological polar surface area (TPSA) is 22.1 Å². The third-order valence-corrected chi connectivity index (χ3v) is 3.04. The average molecular weight is 229 g/mol. The van der Waals surface area contributed by atoms with Crippen LogP contribution in [0.15, 0.2) is 30.3 Å². The summed E-state index contributed by atoms with van der Waals surface area (Å²) in [6.07, 6.45) is 0.975. The standard InChI is InChI=1S/C15H19NO/c1-5-15(3,4)17-14-10-11(2)16-13-9-7-6-8-12(13)14/h6-10H,5H2,1-4H3. The van der Waals surface area contributed by atoms with Crippen LogP contribution in [0.1, 0.15) is 32.9 Å². The summed E-state index contributed by atoms with van der Waals surface area (Å²) in [6.45, 7) is 8.35. The molecule has 0 atom stereocenters. The van der Waals surface area contributed by atoms with Crippen molar-refractivity contribution in [3.8, 4) is 5.75 Å². The highest BCUT2D eigenvalue weighted by Gasteiger charge is 2.18. The Morgan fingerprint density at radius 3 is 2.65 bits per heavy atom. The second-order valence-electron chi connectivity index (χ2n) is 4.99. The van der Waals surface area contributed by atoms with Gasteiger partial charge in [0.15, 0.2) is 0 Å². The van der Waals surface area contributed by atoms with Crippen molar-refractivity contribution in [3.63, 3.8) is 0 Å². The summed E-state index contributed by atoms with van der Waals surface area (Å²) in [4.78, 5) is 4.51. The fourth-order valence-corrected chi connectivity index (χ4v) is 1.72. The minimum atomic E-state index is -0.142. The Labute approximate surface area is 103 Å². The number of benzene rings is 1. The average Bonchev–Trinajstić information content (AvgIpc) is 2.28. The lowest BCUT2D eigenvalue weighted by atomic mass is 10.1. The molecule has 0 aliphatic heterocycles. The smallest absolute Gasteiger partial charge is 0.131 e. The van der Waals surface area contributed by atoms with Crippen LogP contribution in [0, 0.1) is 6.92 Å². The molecule has 0 amide bonds. The second kappa shape index (κ2) is 4.36. The van der Waals surface area contributed by atoms with Crippen molar-refractivity contribution in [2.75, 3.05) is 0 Å². The Balaban J connectivity index is 2.53. The van der Waals surface area contributed by atoms with Crippen molar-refractivity contribution in [1.29, 1.82) is 0 Å². The number of nitrogens with zero attached hydrogens (tertiary/aromatic N) is 1. The summed E-state index contributed by atoms with van der Waals surface area (Å²) < 4.78 is 6.11. The maximum Gasteiger partial charge on any atom is 0.131 e. The van der Waals surface area contributed by atoms with Crippen LogP contribution < -0.4 is 4.74 Å². The third kappa shape index (κ3) is 2.57. The number of para-hydroxylation sites is 1. The molecule has 2 aromatic rings. The van der Waals surface area contributed by atoms with Crippen molar-refractivity contribution < 1.29 is 4.74 Å². The fourth-order valence-electron chi connectivity index (χ4n) is 1.72. The summed E-state index contributed by atoms with van der Waals surface area (Å²) in [5.41, 5.74) is 1.84. The molecule has 1 heterocycles. The van der Waals surface area contributed by atoms with Crippen LogP contribution in [-0.2, 0) is 0 Å². The van der Waals surface area contributed by atoms with E-state index < -0.39 is 0 Å². The first-order valence-electron chi connectivity index (χ1n) is 6.07. The van der Waals surface area contributed by atoms with E-state index in [1.165, 1.54) is 0 Å². The van der Waals surface area contributed by atoms with E-state index in [0.29, 0.717) is 0 Å². The molecule has 2 rings (SSSR count). The van der Waals surface area contributed by atoms with Crippen LogP contribution in [0.5, 0.6) is 5.75 Å². The Hall–Kier alpha value is -1.57. The van der Waals surface area contributed by atoms with E-state index in [2.05, 4.69) is 31.8 Å². The molecule has 0 radical (unpaired) electrons. The Bertz CT molecular complexity index is 531. The number of fused-ring (bicyclic) bond motifs is 1. The van der Waals surface area contributed by atoms with Crippen LogP contribution in [0.3, 0.4) is 0 Å². The maximum absolute atomic E-state index is 6.11. The van der Waals surface area contributed by atoms with Crippen LogP contribution in [0.25, 0.3) is 10.9 Å². The SMILES string of the molecule is CCC(C)(C)Oc1cc(C)nc2ccccc12. The fraction of sp³-hybridized carbons (Fsp3) is 0.400. The zero-order valence-corrected chi connectivity index (χ0v) is 10.9. The van der Waals surface area contributed by atoms with E-state index in [4.69, 9.17) is 4.74 Å². The molecular weight excluding hydrogens is 210 g/mol. The maximum atomic E-state index is 6.11. The molecule has 1 aromatic carbocycles. The van der Waals surface area contributed by atoms with Gasteiger partial charge in [-0.15, -0.1) is 0 Å². The highest BCUT2D eigenvalue weighted by molar-refractivity contribution is 5.85. The lowest BCUT2D eigenvalue weighted by Crippen LogP contribution is -2.27. The summed E-state index contributed by atoms with van der Waals surface area (Å²) in [7, 11) is 0. The number of ether oxygens (including phenoxy) is 1. The largest absolute Gasteiger partial charge is 0.487 e. The summed E-state index contributed by atoms with van der Waals surface area (Å²) >= 11 is 0. The molecule has 0 bridgehead atoms. The van der Waals surface area contributed by atoms with Crippen molar-refractivity contribution >= 4 is 10.9 Å². The number of aryl methyl sites for hydroxylation is 1. The highest BCUT2D eigenvalue weighted by Crippen LogP contribution is 2.29. The number of hydrogen-bond acceptors (Lipinski definition) is 2. The molecule has 2 heteroatoms. The Morgan fingerprint density at radius 2 is 1.94 bits per heavy atom. The van der Waals surface area contributed by atoms with E-state index in [1.54, 1.807) is 0 Å². The molecule has 0 aliphatic rings. The molecule has 0 N–H and O–H groups in total. The lowest BCUT2D eigenvalue weighted by Gasteiger charge is -2.25. The highest BCUT2D eigenvalue weighted by atomic mass is 16.5. The Morgan fingerprint density at radius 1 is 1.24 bits per heavy atom. The van der Waals surface area contributed by atoms with Gasteiger partial charge in [-0.3, -0.25) is 4.98 Å². The van der Waals surface area contributed by atoms with Gasteiger partial charge < -0.3 is 4.74 Å². The summed E-state index contributed by atoms with van der Waals surface area (Å²) in [5, 5.41) is 1.08. The lowest BCUT2D eigenvalue weighted by molar-refractivity contribution is 0.107. The van der Waals surface area contributed by atoms with E-state index in [1.807, 2.05) is 31.2 Å². The zero-order chi connectivity index (χ0) is 12.5. The Kier molecular flexibility index (Phi) is 3.05. The van der Waals surface area contributed by atoms with Crippen molar-refractivity contribution in [1.82, 2.24) is 4.98 Å². The monoisotopic (exact) mass is 229 g/mol. The molecule has 1 aromatic heterocycles. The van der Waals surface area contributed by atoms with Gasteiger partial charge in [-0.1, -0.05) is 19.1 Å². The van der Waals surface area contributed by atoms with Crippen LogP contribution in [0.2, 0.25) is 0 Å². The van der Waals surface area contributed by atoms with Gasteiger partial charge in [0.1, 0.15) is 11.4 Å². The first kappa shape index (κ1) is 11.9.